The highest BCUT2D eigenvalue weighted by atomic mass is 32.2. The van der Waals surface area contributed by atoms with Gasteiger partial charge in [0.1, 0.15) is 12.2 Å². The van der Waals surface area contributed by atoms with Gasteiger partial charge in [-0.3, -0.25) is 9.36 Å². The van der Waals surface area contributed by atoms with E-state index in [4.69, 9.17) is 9.47 Å². The molecule has 1 fully saturated rings. The maximum atomic E-state index is 13.7. The molecule has 1 amide bonds. The van der Waals surface area contributed by atoms with Crippen molar-refractivity contribution in [2.75, 3.05) is 19.7 Å². The minimum Gasteiger partial charge on any atom is -0.444 e. The summed E-state index contributed by atoms with van der Waals surface area (Å²) < 4.78 is 40.5. The Labute approximate surface area is 253 Å². The number of pyridine rings is 1. The summed E-state index contributed by atoms with van der Waals surface area (Å²) in [5.74, 6) is -0.692. The van der Waals surface area contributed by atoms with E-state index in [9.17, 15) is 32.9 Å². The number of benzene rings is 2. The Balaban J connectivity index is 1.48. The standard InChI is InChI=1S/C29H34N4O10S/c1-19-16-31(18-41-27(35)21-10-8-20(9-11-21)13-15-42-33(37)38)26(34)23-6-5-7-24(25(19)23)44(39,40)32-14-12-22(17-32)30-28(36)43-29(2,3)4/h5-11,16,22H,12-15,17-18H2,1-4H3,(H,30,36)/t22-/m0/s1. The first-order valence-electron chi connectivity index (χ1n) is 13.8. The van der Waals surface area contributed by atoms with Crippen LogP contribution in [0.1, 0.15) is 48.7 Å². The summed E-state index contributed by atoms with van der Waals surface area (Å²) in [6, 6.07) is 10.2. The molecule has 236 valence electrons. The van der Waals surface area contributed by atoms with Gasteiger partial charge >= 0.3 is 12.1 Å². The minimum atomic E-state index is -4.03. The van der Waals surface area contributed by atoms with Crippen molar-refractivity contribution in [2.24, 2.45) is 0 Å². The Morgan fingerprint density at radius 1 is 1.14 bits per heavy atom. The van der Waals surface area contributed by atoms with Gasteiger partial charge in [-0.1, -0.05) is 18.2 Å². The van der Waals surface area contributed by atoms with Gasteiger partial charge in [0.05, 0.1) is 10.5 Å². The molecule has 3 aromatic rings. The summed E-state index contributed by atoms with van der Waals surface area (Å²) in [7, 11) is -4.03. The molecule has 1 aliphatic heterocycles. The quantitative estimate of drug-likeness (QED) is 0.199. The highest BCUT2D eigenvalue weighted by Crippen LogP contribution is 2.29. The second-order valence-electron chi connectivity index (χ2n) is 11.3. The summed E-state index contributed by atoms with van der Waals surface area (Å²) >= 11 is 0. The number of hydrogen-bond acceptors (Lipinski definition) is 10. The van der Waals surface area contributed by atoms with Gasteiger partial charge in [-0.25, -0.2) is 18.0 Å². The van der Waals surface area contributed by atoms with E-state index in [0.29, 0.717) is 12.0 Å². The maximum absolute atomic E-state index is 13.7. The lowest BCUT2D eigenvalue weighted by atomic mass is 10.1. The number of hydrogen-bond donors (Lipinski definition) is 1. The first-order valence-corrected chi connectivity index (χ1v) is 15.3. The van der Waals surface area contributed by atoms with Crippen molar-refractivity contribution in [2.45, 2.75) is 63.8 Å². The van der Waals surface area contributed by atoms with E-state index in [1.54, 1.807) is 39.8 Å². The molecule has 0 unspecified atom stereocenters. The van der Waals surface area contributed by atoms with Crippen LogP contribution in [0.2, 0.25) is 0 Å². The van der Waals surface area contributed by atoms with Crippen LogP contribution in [0.15, 0.2) is 58.4 Å². The topological polar surface area (TPSA) is 176 Å². The van der Waals surface area contributed by atoms with Crippen LogP contribution in [0.4, 0.5) is 4.79 Å². The third-order valence-electron chi connectivity index (χ3n) is 6.86. The third kappa shape index (κ3) is 7.71. The smallest absolute Gasteiger partial charge is 0.407 e. The van der Waals surface area contributed by atoms with E-state index in [1.165, 1.54) is 45.4 Å². The number of rotatable bonds is 10. The molecule has 2 heterocycles. The Kier molecular flexibility index (Phi) is 9.59. The van der Waals surface area contributed by atoms with Gasteiger partial charge in [-0.05, 0) is 75.9 Å². The number of nitrogens with one attached hydrogen (secondary N) is 1. The number of aromatic nitrogens is 1. The number of esters is 1. The zero-order valence-electron chi connectivity index (χ0n) is 24.8. The van der Waals surface area contributed by atoms with E-state index in [1.807, 2.05) is 0 Å². The number of nitrogens with zero attached hydrogens (tertiary/aromatic N) is 3. The van der Waals surface area contributed by atoms with Crippen LogP contribution >= 0.6 is 0 Å². The van der Waals surface area contributed by atoms with E-state index in [-0.39, 0.29) is 47.3 Å². The molecule has 1 aromatic heterocycles. The summed E-state index contributed by atoms with van der Waals surface area (Å²) in [6.45, 7) is 6.58. The van der Waals surface area contributed by atoms with Crippen molar-refractivity contribution in [3.8, 4) is 0 Å². The number of carbonyl (C=O) groups is 2. The number of carbonyl (C=O) groups excluding carboxylic acids is 2. The first kappa shape index (κ1) is 32.4. The lowest BCUT2D eigenvalue weighted by molar-refractivity contribution is -0.757. The van der Waals surface area contributed by atoms with Crippen molar-refractivity contribution in [3.63, 3.8) is 0 Å². The molecule has 1 saturated heterocycles. The molecular weight excluding hydrogens is 596 g/mol. The van der Waals surface area contributed by atoms with E-state index in [2.05, 4.69) is 10.2 Å². The predicted octanol–water partition coefficient (Wildman–Crippen LogP) is 3.16. The van der Waals surface area contributed by atoms with Crippen LogP contribution in [-0.2, 0) is 37.5 Å². The van der Waals surface area contributed by atoms with Crippen LogP contribution in [0, 0.1) is 17.0 Å². The highest BCUT2D eigenvalue weighted by molar-refractivity contribution is 7.89. The summed E-state index contributed by atoms with van der Waals surface area (Å²) in [6.07, 6.45) is 1.49. The Morgan fingerprint density at radius 2 is 1.84 bits per heavy atom. The molecule has 1 atom stereocenters. The number of aryl methyl sites for hydroxylation is 1. The number of alkyl carbamates (subject to hydrolysis) is 1. The van der Waals surface area contributed by atoms with Crippen molar-refractivity contribution in [3.05, 3.63) is 85.8 Å². The van der Waals surface area contributed by atoms with Gasteiger partial charge in [0.25, 0.3) is 10.6 Å². The fourth-order valence-corrected chi connectivity index (χ4v) is 6.65. The first-order chi connectivity index (χ1) is 20.7. The summed E-state index contributed by atoms with van der Waals surface area (Å²) in [5, 5.41) is 12.5. The largest absolute Gasteiger partial charge is 0.444 e. The second-order valence-corrected chi connectivity index (χ2v) is 13.2. The molecule has 0 radical (unpaired) electrons. The van der Waals surface area contributed by atoms with Crippen molar-refractivity contribution in [1.82, 2.24) is 14.2 Å². The third-order valence-corrected chi connectivity index (χ3v) is 8.77. The van der Waals surface area contributed by atoms with E-state index in [0.717, 1.165) is 5.56 Å². The average Bonchev–Trinajstić information content (AvgIpc) is 3.42. The highest BCUT2D eigenvalue weighted by Gasteiger charge is 2.35. The SMILES string of the molecule is Cc1cn(COC(=O)c2ccc(CCO[N+](=O)[O-])cc2)c(=O)c2cccc(S(=O)(=O)N3CC[C@H](NC(=O)OC(C)(C)C)C3)c12. The molecule has 0 aliphatic carbocycles. The number of sulfonamides is 1. The van der Waals surface area contributed by atoms with Crippen LogP contribution in [-0.4, -0.2) is 65.8 Å². The zero-order chi connectivity index (χ0) is 32.2. The maximum Gasteiger partial charge on any atom is 0.407 e. The summed E-state index contributed by atoms with van der Waals surface area (Å²) in [5.41, 5.74) is 0.194. The molecule has 14 nitrogen and oxygen atoms in total. The molecule has 0 spiro atoms. The molecule has 1 N–H and O–H groups in total. The molecule has 4 rings (SSSR count). The van der Waals surface area contributed by atoms with Crippen LogP contribution < -0.4 is 10.9 Å². The summed E-state index contributed by atoms with van der Waals surface area (Å²) in [4.78, 5) is 52.7. The van der Waals surface area contributed by atoms with Crippen molar-refractivity contribution in [1.29, 1.82) is 0 Å². The van der Waals surface area contributed by atoms with Gasteiger partial charge in [0.15, 0.2) is 6.73 Å². The van der Waals surface area contributed by atoms with Crippen LogP contribution in [0.5, 0.6) is 0 Å². The van der Waals surface area contributed by atoms with E-state index >= 15 is 0 Å². The van der Waals surface area contributed by atoms with Gasteiger partial charge < -0.3 is 19.6 Å². The molecule has 2 aromatic carbocycles. The van der Waals surface area contributed by atoms with Gasteiger partial charge in [0, 0.05) is 36.1 Å². The number of fused-ring (bicyclic) bond motifs is 1. The fourth-order valence-electron chi connectivity index (χ4n) is 4.87. The molecule has 44 heavy (non-hydrogen) atoms. The van der Waals surface area contributed by atoms with Gasteiger partial charge in [-0.2, -0.15) is 4.31 Å². The minimum absolute atomic E-state index is 0.0321. The normalized spacial score (nSPS) is 15.6. The Morgan fingerprint density at radius 3 is 2.50 bits per heavy atom. The second kappa shape index (κ2) is 13.0. The number of ether oxygens (including phenoxy) is 2. The molecule has 15 heteroatoms. The predicted molar refractivity (Wildman–Crippen MR) is 158 cm³/mol. The lowest BCUT2D eigenvalue weighted by Crippen LogP contribution is -2.41. The molecule has 1 aliphatic rings. The van der Waals surface area contributed by atoms with Crippen LogP contribution in [0.25, 0.3) is 10.8 Å². The van der Waals surface area contributed by atoms with E-state index < -0.39 is 51.1 Å². The molecular formula is C29H34N4O10S. The molecule has 0 saturated carbocycles. The fraction of sp³-hybridized carbons (Fsp3) is 0.414. The van der Waals surface area contributed by atoms with Crippen LogP contribution in [0.3, 0.4) is 0 Å². The number of amides is 1. The monoisotopic (exact) mass is 630 g/mol. The van der Waals surface area contributed by atoms with Gasteiger partial charge in [-0.15, -0.1) is 10.1 Å². The lowest BCUT2D eigenvalue weighted by Gasteiger charge is -2.22. The van der Waals surface area contributed by atoms with Crippen molar-refractivity contribution < 1.29 is 37.4 Å². The Bertz CT molecular complexity index is 1730. The zero-order valence-corrected chi connectivity index (χ0v) is 25.6. The van der Waals surface area contributed by atoms with Crippen molar-refractivity contribution >= 4 is 32.9 Å². The van der Waals surface area contributed by atoms with Gasteiger partial charge in [0.2, 0.25) is 10.0 Å². The average molecular weight is 631 g/mol. The Hall–Kier alpha value is -4.50. The molecule has 0 bridgehead atoms.